The highest BCUT2D eigenvalue weighted by Gasteiger charge is 2.29. The molecule has 3 N–H and O–H groups in total. The first-order valence-electron chi connectivity index (χ1n) is 7.56. The third-order valence-electron chi connectivity index (χ3n) is 4.33. The Labute approximate surface area is 125 Å². The Morgan fingerprint density at radius 1 is 1.43 bits per heavy atom. The molecule has 116 valence electrons. The molecule has 2 atom stereocenters. The summed E-state index contributed by atoms with van der Waals surface area (Å²) in [5.74, 6) is -0.0305. The molecule has 0 bridgehead atoms. The molecule has 0 aliphatic heterocycles. The van der Waals surface area contributed by atoms with Gasteiger partial charge in [0.2, 0.25) is 5.91 Å². The van der Waals surface area contributed by atoms with Gasteiger partial charge in [-0.05, 0) is 44.5 Å². The molecule has 1 aromatic carbocycles. The Balaban J connectivity index is 1.80. The van der Waals surface area contributed by atoms with Crippen LogP contribution in [0.2, 0.25) is 0 Å². The van der Waals surface area contributed by atoms with Gasteiger partial charge in [0.15, 0.2) is 0 Å². The first-order chi connectivity index (χ1) is 10.1. The number of carbonyl (C=O) groups is 1. The van der Waals surface area contributed by atoms with Gasteiger partial charge < -0.3 is 16.0 Å². The molecule has 2 rings (SSSR count). The second-order valence-electron chi connectivity index (χ2n) is 5.75. The van der Waals surface area contributed by atoms with E-state index in [-0.39, 0.29) is 11.6 Å². The zero-order chi connectivity index (χ0) is 15.2. The minimum atomic E-state index is -0.404. The highest BCUT2D eigenvalue weighted by Crippen LogP contribution is 2.28. The van der Waals surface area contributed by atoms with Crippen LogP contribution in [0.4, 0.5) is 10.1 Å². The first kappa shape index (κ1) is 15.9. The number of hydrogen-bond acceptors (Lipinski definition) is 3. The van der Waals surface area contributed by atoms with Crippen LogP contribution in [-0.4, -0.2) is 37.0 Å². The molecule has 1 aromatic rings. The number of nitrogens with one attached hydrogen (secondary N) is 1. The molecule has 0 heterocycles. The number of benzene rings is 1. The third-order valence-corrected chi connectivity index (χ3v) is 4.33. The molecule has 1 saturated carbocycles. The Hall–Kier alpha value is -1.46. The molecular weight excluding hydrogens is 269 g/mol. The highest BCUT2D eigenvalue weighted by atomic mass is 19.1. The van der Waals surface area contributed by atoms with E-state index in [4.69, 9.17) is 5.73 Å². The number of para-hydroxylation sites is 1. The SMILES string of the molecule is CN(CCC(=O)Nc1ccccc1F)C1CCCC1CN. The van der Waals surface area contributed by atoms with Crippen molar-refractivity contribution in [2.24, 2.45) is 11.7 Å². The van der Waals surface area contributed by atoms with Crippen LogP contribution >= 0.6 is 0 Å². The van der Waals surface area contributed by atoms with Gasteiger partial charge in [0.25, 0.3) is 0 Å². The summed E-state index contributed by atoms with van der Waals surface area (Å²) in [7, 11) is 2.04. The van der Waals surface area contributed by atoms with Crippen LogP contribution in [0.3, 0.4) is 0 Å². The van der Waals surface area contributed by atoms with Crippen LogP contribution in [0.5, 0.6) is 0 Å². The predicted molar refractivity (Wildman–Crippen MR) is 82.5 cm³/mol. The molecule has 1 aliphatic rings. The molecular formula is C16H24FN3O. The largest absolute Gasteiger partial charge is 0.330 e. The van der Waals surface area contributed by atoms with Gasteiger partial charge in [0, 0.05) is 19.0 Å². The summed E-state index contributed by atoms with van der Waals surface area (Å²) in [6.07, 6.45) is 3.89. The van der Waals surface area contributed by atoms with E-state index in [0.717, 1.165) is 6.42 Å². The van der Waals surface area contributed by atoms with Gasteiger partial charge in [-0.1, -0.05) is 18.6 Å². The number of hydrogen-bond donors (Lipinski definition) is 2. The van der Waals surface area contributed by atoms with Crippen molar-refractivity contribution in [2.75, 3.05) is 25.5 Å². The number of rotatable bonds is 6. The van der Waals surface area contributed by atoms with E-state index in [1.807, 2.05) is 7.05 Å². The third kappa shape index (κ3) is 4.25. The standard InChI is InChI=1S/C16H24FN3O/c1-20(15-8-4-5-12(15)11-18)10-9-16(21)19-14-7-3-2-6-13(14)17/h2-3,6-7,12,15H,4-5,8-11,18H2,1H3,(H,19,21). The van der Waals surface area contributed by atoms with Gasteiger partial charge >= 0.3 is 0 Å². The summed E-state index contributed by atoms with van der Waals surface area (Å²) in [6, 6.07) is 6.68. The van der Waals surface area contributed by atoms with E-state index < -0.39 is 5.82 Å². The maximum Gasteiger partial charge on any atom is 0.225 e. The fourth-order valence-corrected chi connectivity index (χ4v) is 3.09. The Bertz CT molecular complexity index is 480. The van der Waals surface area contributed by atoms with Gasteiger partial charge in [-0.2, -0.15) is 0 Å². The number of halogens is 1. The Kier molecular flexibility index (Phi) is 5.70. The number of amides is 1. The summed E-state index contributed by atoms with van der Waals surface area (Å²) in [5.41, 5.74) is 6.03. The zero-order valence-electron chi connectivity index (χ0n) is 12.5. The van der Waals surface area contributed by atoms with Crippen molar-refractivity contribution in [1.29, 1.82) is 0 Å². The van der Waals surface area contributed by atoms with Crippen LogP contribution in [0, 0.1) is 11.7 Å². The number of anilines is 1. The summed E-state index contributed by atoms with van der Waals surface area (Å²) < 4.78 is 13.5. The van der Waals surface area contributed by atoms with Gasteiger partial charge in [0.05, 0.1) is 5.69 Å². The van der Waals surface area contributed by atoms with Gasteiger partial charge in [0.1, 0.15) is 5.82 Å². The molecule has 1 fully saturated rings. The van der Waals surface area contributed by atoms with E-state index in [1.165, 1.54) is 18.9 Å². The average Bonchev–Trinajstić information content (AvgIpc) is 2.96. The van der Waals surface area contributed by atoms with Gasteiger partial charge in [-0.15, -0.1) is 0 Å². The number of nitrogens with two attached hydrogens (primary N) is 1. The lowest BCUT2D eigenvalue weighted by molar-refractivity contribution is -0.116. The van der Waals surface area contributed by atoms with Crippen molar-refractivity contribution in [3.8, 4) is 0 Å². The monoisotopic (exact) mass is 293 g/mol. The summed E-state index contributed by atoms with van der Waals surface area (Å²) in [5, 5.41) is 2.62. The van der Waals surface area contributed by atoms with Crippen molar-refractivity contribution in [1.82, 2.24) is 4.90 Å². The van der Waals surface area contributed by atoms with Crippen molar-refractivity contribution < 1.29 is 9.18 Å². The van der Waals surface area contributed by atoms with Crippen molar-refractivity contribution >= 4 is 11.6 Å². The van der Waals surface area contributed by atoms with E-state index in [9.17, 15) is 9.18 Å². The van der Waals surface area contributed by atoms with E-state index in [1.54, 1.807) is 18.2 Å². The normalized spacial score (nSPS) is 21.7. The minimum Gasteiger partial charge on any atom is -0.330 e. The number of nitrogens with zero attached hydrogens (tertiary/aromatic N) is 1. The van der Waals surface area contributed by atoms with E-state index >= 15 is 0 Å². The predicted octanol–water partition coefficient (Wildman–Crippen LogP) is 2.21. The van der Waals surface area contributed by atoms with E-state index in [0.29, 0.717) is 31.5 Å². The summed E-state index contributed by atoms with van der Waals surface area (Å²) in [6.45, 7) is 1.37. The second kappa shape index (κ2) is 7.52. The van der Waals surface area contributed by atoms with Crippen molar-refractivity contribution in [3.63, 3.8) is 0 Å². The molecule has 0 saturated heterocycles. The van der Waals surface area contributed by atoms with Crippen molar-refractivity contribution in [2.45, 2.75) is 31.7 Å². The molecule has 0 aromatic heterocycles. The smallest absolute Gasteiger partial charge is 0.225 e. The lowest BCUT2D eigenvalue weighted by Crippen LogP contribution is -2.39. The summed E-state index contributed by atoms with van der Waals surface area (Å²) in [4.78, 5) is 14.1. The quantitative estimate of drug-likeness (QED) is 0.845. The topological polar surface area (TPSA) is 58.4 Å². The second-order valence-corrected chi connectivity index (χ2v) is 5.75. The van der Waals surface area contributed by atoms with Crippen LogP contribution in [-0.2, 0) is 4.79 Å². The highest BCUT2D eigenvalue weighted by molar-refractivity contribution is 5.90. The Morgan fingerprint density at radius 3 is 2.90 bits per heavy atom. The summed E-state index contributed by atoms with van der Waals surface area (Å²) >= 11 is 0. The van der Waals surface area contributed by atoms with Crippen molar-refractivity contribution in [3.05, 3.63) is 30.1 Å². The molecule has 0 spiro atoms. The lowest BCUT2D eigenvalue weighted by atomic mass is 10.0. The molecule has 21 heavy (non-hydrogen) atoms. The minimum absolute atomic E-state index is 0.158. The molecule has 0 radical (unpaired) electrons. The van der Waals surface area contributed by atoms with Gasteiger partial charge in [-0.3, -0.25) is 4.79 Å². The van der Waals surface area contributed by atoms with Crippen LogP contribution < -0.4 is 11.1 Å². The molecule has 1 aliphatic carbocycles. The van der Waals surface area contributed by atoms with Crippen LogP contribution in [0.1, 0.15) is 25.7 Å². The van der Waals surface area contributed by atoms with Crippen LogP contribution in [0.15, 0.2) is 24.3 Å². The Morgan fingerprint density at radius 2 is 2.19 bits per heavy atom. The first-order valence-corrected chi connectivity index (χ1v) is 7.56. The molecule has 2 unspecified atom stereocenters. The maximum absolute atomic E-state index is 13.5. The maximum atomic E-state index is 13.5. The van der Waals surface area contributed by atoms with E-state index in [2.05, 4.69) is 10.2 Å². The van der Waals surface area contributed by atoms with Crippen LogP contribution in [0.25, 0.3) is 0 Å². The number of carbonyl (C=O) groups excluding carboxylic acids is 1. The fraction of sp³-hybridized carbons (Fsp3) is 0.562. The molecule has 5 heteroatoms. The molecule has 4 nitrogen and oxygen atoms in total. The fourth-order valence-electron chi connectivity index (χ4n) is 3.09. The molecule has 1 amide bonds. The van der Waals surface area contributed by atoms with Gasteiger partial charge in [-0.25, -0.2) is 4.39 Å². The average molecular weight is 293 g/mol. The lowest BCUT2D eigenvalue weighted by Gasteiger charge is -2.28. The zero-order valence-corrected chi connectivity index (χ0v) is 12.5.